The van der Waals surface area contributed by atoms with E-state index in [-0.39, 0.29) is 11.9 Å². The van der Waals surface area contributed by atoms with Crippen LogP contribution >= 0.6 is 22.9 Å². The number of carbonyl (C=O) groups excluding carboxylic acids is 1. The first-order chi connectivity index (χ1) is 11.6. The van der Waals surface area contributed by atoms with Gasteiger partial charge in [0.05, 0.1) is 14.6 Å². The molecule has 3 rings (SSSR count). The predicted octanol–water partition coefficient (Wildman–Crippen LogP) is 5.13. The molecule has 0 bridgehead atoms. The first kappa shape index (κ1) is 17.1. The maximum absolute atomic E-state index is 12.6. The molecule has 0 fully saturated rings. The largest absolute Gasteiger partial charge is 0.348 e. The zero-order chi connectivity index (χ0) is 17.1. The molecule has 0 radical (unpaired) electrons. The number of rotatable bonds is 6. The lowest BCUT2D eigenvalue weighted by molar-refractivity contribution is 0.0929. The third kappa shape index (κ3) is 3.65. The van der Waals surface area contributed by atoms with Crippen LogP contribution in [0.1, 0.15) is 36.3 Å². The minimum atomic E-state index is -0.0167. The minimum absolute atomic E-state index is 0.0167. The Morgan fingerprint density at radius 2 is 2.04 bits per heavy atom. The second-order valence-electron chi connectivity index (χ2n) is 5.97. The lowest BCUT2D eigenvalue weighted by atomic mass is 10.1. The molecular weight excluding hydrogens is 340 g/mol. The number of aromatic nitrogens is 1. The van der Waals surface area contributed by atoms with Gasteiger partial charge in [0.25, 0.3) is 5.91 Å². The monoisotopic (exact) mass is 360 g/mol. The highest BCUT2D eigenvalue weighted by Gasteiger charge is 2.18. The minimum Gasteiger partial charge on any atom is -0.348 e. The van der Waals surface area contributed by atoms with Gasteiger partial charge in [0, 0.05) is 12.6 Å². The van der Waals surface area contributed by atoms with Crippen molar-refractivity contribution in [2.75, 3.05) is 0 Å². The quantitative estimate of drug-likeness (QED) is 0.649. The highest BCUT2D eigenvalue weighted by atomic mass is 35.5. The van der Waals surface area contributed by atoms with E-state index in [1.807, 2.05) is 41.8 Å². The molecule has 3 aromatic rings. The zero-order valence-electron chi connectivity index (χ0n) is 13.9. The first-order valence-electron chi connectivity index (χ1n) is 8.22. The zero-order valence-corrected chi connectivity index (χ0v) is 15.5. The molecular formula is C19H21ClN2OS. The van der Waals surface area contributed by atoms with E-state index in [0.29, 0.717) is 5.69 Å². The summed E-state index contributed by atoms with van der Waals surface area (Å²) in [7, 11) is 0. The van der Waals surface area contributed by atoms with E-state index in [1.54, 1.807) is 0 Å². The number of hydrogen-bond donors (Lipinski definition) is 1. The molecule has 0 spiro atoms. The van der Waals surface area contributed by atoms with E-state index in [1.165, 1.54) is 16.9 Å². The topological polar surface area (TPSA) is 34.0 Å². The Morgan fingerprint density at radius 1 is 1.29 bits per heavy atom. The Kier molecular flexibility index (Phi) is 5.27. The highest BCUT2D eigenvalue weighted by molar-refractivity contribution is 7.22. The summed E-state index contributed by atoms with van der Waals surface area (Å²) in [6.07, 6.45) is 1.88. The molecule has 1 N–H and O–H groups in total. The van der Waals surface area contributed by atoms with Gasteiger partial charge in [0.15, 0.2) is 0 Å². The van der Waals surface area contributed by atoms with Crippen LogP contribution < -0.4 is 5.32 Å². The maximum atomic E-state index is 12.6. The molecule has 5 heteroatoms. The molecule has 0 aliphatic rings. The SMILES string of the molecule is CCn1c(C(=O)N[C@@H](C)CCc2ccccc2)cc2sc(Cl)cc21. The van der Waals surface area contributed by atoms with E-state index in [4.69, 9.17) is 11.6 Å². The van der Waals surface area contributed by atoms with E-state index in [9.17, 15) is 4.79 Å². The molecule has 0 aliphatic heterocycles. The fourth-order valence-electron chi connectivity index (χ4n) is 2.94. The van der Waals surface area contributed by atoms with Gasteiger partial charge in [-0.15, -0.1) is 11.3 Å². The second kappa shape index (κ2) is 7.41. The molecule has 1 aromatic carbocycles. The van der Waals surface area contributed by atoms with Crippen molar-refractivity contribution in [1.82, 2.24) is 9.88 Å². The summed E-state index contributed by atoms with van der Waals surface area (Å²) in [5.74, 6) is -0.0167. The van der Waals surface area contributed by atoms with Gasteiger partial charge in [0.2, 0.25) is 0 Å². The van der Waals surface area contributed by atoms with Crippen LogP contribution in [0.15, 0.2) is 42.5 Å². The van der Waals surface area contributed by atoms with Gasteiger partial charge >= 0.3 is 0 Å². The highest BCUT2D eigenvalue weighted by Crippen LogP contribution is 2.32. The van der Waals surface area contributed by atoms with Crippen molar-refractivity contribution in [2.45, 2.75) is 39.3 Å². The number of thiophene rings is 1. The van der Waals surface area contributed by atoms with Crippen molar-refractivity contribution in [2.24, 2.45) is 0 Å². The summed E-state index contributed by atoms with van der Waals surface area (Å²) in [6.45, 7) is 4.84. The van der Waals surface area contributed by atoms with Gasteiger partial charge in [0.1, 0.15) is 5.69 Å². The van der Waals surface area contributed by atoms with Crippen LogP contribution in [0.3, 0.4) is 0 Å². The van der Waals surface area contributed by atoms with E-state index >= 15 is 0 Å². The van der Waals surface area contributed by atoms with Crippen molar-refractivity contribution in [3.63, 3.8) is 0 Å². The van der Waals surface area contributed by atoms with Crippen LogP contribution in [-0.4, -0.2) is 16.5 Å². The molecule has 0 saturated carbocycles. The van der Waals surface area contributed by atoms with Crippen LogP contribution in [0, 0.1) is 0 Å². The molecule has 126 valence electrons. The fraction of sp³-hybridized carbons (Fsp3) is 0.316. The number of fused-ring (bicyclic) bond motifs is 1. The third-order valence-corrected chi connectivity index (χ3v) is 5.40. The maximum Gasteiger partial charge on any atom is 0.268 e. The van der Waals surface area contributed by atoms with E-state index < -0.39 is 0 Å². The Labute approximate surface area is 151 Å². The lowest BCUT2D eigenvalue weighted by Crippen LogP contribution is -2.34. The van der Waals surface area contributed by atoms with Gasteiger partial charge in [-0.3, -0.25) is 4.79 Å². The normalized spacial score (nSPS) is 12.5. The molecule has 0 saturated heterocycles. The number of carbonyl (C=O) groups is 1. The Hall–Kier alpha value is -1.78. The molecule has 3 nitrogen and oxygen atoms in total. The van der Waals surface area contributed by atoms with Gasteiger partial charge in [-0.1, -0.05) is 41.9 Å². The number of nitrogens with one attached hydrogen (secondary N) is 1. The predicted molar refractivity (Wildman–Crippen MR) is 102 cm³/mol. The first-order valence-corrected chi connectivity index (χ1v) is 9.41. The van der Waals surface area contributed by atoms with Crippen LogP contribution in [-0.2, 0) is 13.0 Å². The number of amides is 1. The van der Waals surface area contributed by atoms with Crippen LogP contribution in [0.5, 0.6) is 0 Å². The number of halogens is 1. The Morgan fingerprint density at radius 3 is 2.75 bits per heavy atom. The van der Waals surface area contributed by atoms with Crippen molar-refractivity contribution in [1.29, 1.82) is 0 Å². The van der Waals surface area contributed by atoms with Gasteiger partial charge < -0.3 is 9.88 Å². The second-order valence-corrected chi connectivity index (χ2v) is 7.69. The fourth-order valence-corrected chi connectivity index (χ4v) is 4.12. The molecule has 0 aliphatic carbocycles. The summed E-state index contributed by atoms with van der Waals surface area (Å²) >= 11 is 7.58. The third-order valence-electron chi connectivity index (χ3n) is 4.19. The average Bonchev–Trinajstić information content (AvgIpc) is 3.09. The van der Waals surface area contributed by atoms with E-state index in [0.717, 1.165) is 33.9 Å². The van der Waals surface area contributed by atoms with Crippen LogP contribution in [0.25, 0.3) is 10.2 Å². The number of benzene rings is 1. The molecule has 1 amide bonds. The molecule has 24 heavy (non-hydrogen) atoms. The summed E-state index contributed by atoms with van der Waals surface area (Å²) in [6, 6.07) is 14.3. The van der Waals surface area contributed by atoms with Gasteiger partial charge in [-0.05, 0) is 44.4 Å². The summed E-state index contributed by atoms with van der Waals surface area (Å²) in [5, 5.41) is 3.12. The Bertz CT molecular complexity index is 838. The van der Waals surface area contributed by atoms with Crippen LogP contribution in [0.4, 0.5) is 0 Å². The van der Waals surface area contributed by atoms with Crippen LogP contribution in [0.2, 0.25) is 4.34 Å². The van der Waals surface area contributed by atoms with Gasteiger partial charge in [-0.25, -0.2) is 0 Å². The number of aryl methyl sites for hydroxylation is 2. The van der Waals surface area contributed by atoms with E-state index in [2.05, 4.69) is 24.4 Å². The molecule has 0 unspecified atom stereocenters. The van der Waals surface area contributed by atoms with Crippen molar-refractivity contribution in [3.05, 3.63) is 58.1 Å². The molecule has 1 atom stereocenters. The smallest absolute Gasteiger partial charge is 0.268 e. The standard InChI is InChI=1S/C19H21ClN2OS/c1-3-22-15-12-18(20)24-17(15)11-16(22)19(23)21-13(2)9-10-14-7-5-4-6-8-14/h4-8,11-13H,3,9-10H2,1-2H3,(H,21,23)/t13-/m0/s1. The van der Waals surface area contributed by atoms with Crippen molar-refractivity contribution in [3.8, 4) is 0 Å². The summed E-state index contributed by atoms with van der Waals surface area (Å²) in [5.41, 5.74) is 3.04. The summed E-state index contributed by atoms with van der Waals surface area (Å²) < 4.78 is 3.84. The molecule has 2 heterocycles. The lowest BCUT2D eigenvalue weighted by Gasteiger charge is -2.15. The molecule has 2 aromatic heterocycles. The summed E-state index contributed by atoms with van der Waals surface area (Å²) in [4.78, 5) is 12.6. The Balaban J connectivity index is 1.67. The van der Waals surface area contributed by atoms with Crippen molar-refractivity contribution < 1.29 is 4.79 Å². The van der Waals surface area contributed by atoms with Gasteiger partial charge in [-0.2, -0.15) is 0 Å². The van der Waals surface area contributed by atoms with Crippen molar-refractivity contribution >= 4 is 39.1 Å². The average molecular weight is 361 g/mol. The number of nitrogens with zero attached hydrogens (tertiary/aromatic N) is 1. The number of hydrogen-bond acceptors (Lipinski definition) is 2.